The number of nitrogens with zero attached hydrogens (tertiary/aromatic N) is 2. The number of benzene rings is 2. The topological polar surface area (TPSA) is 130 Å². The molecule has 64 heavy (non-hydrogen) atoms. The molecule has 2 aliphatic heterocycles. The lowest BCUT2D eigenvalue weighted by Gasteiger charge is -2.47. The molecule has 2 saturated heterocycles. The minimum atomic E-state index is -0.252. The van der Waals surface area contributed by atoms with Crippen molar-refractivity contribution in [1.29, 1.82) is 0 Å². The number of halogens is 2. The Kier molecular flexibility index (Phi) is 14.7. The van der Waals surface area contributed by atoms with Gasteiger partial charge in [-0.15, -0.1) is 0 Å². The van der Waals surface area contributed by atoms with Crippen molar-refractivity contribution in [2.24, 2.45) is 70.6 Å². The number of carbonyl (C=O) groups excluding carboxylic acids is 2. The highest BCUT2D eigenvalue weighted by Crippen LogP contribution is 2.55. The van der Waals surface area contributed by atoms with E-state index < -0.39 is 0 Å². The van der Waals surface area contributed by atoms with Crippen LogP contribution >= 0.6 is 0 Å². The molecule has 6 fully saturated rings. The number of ether oxygens (including phenoxy) is 2. The summed E-state index contributed by atoms with van der Waals surface area (Å²) in [7, 11) is 0. The zero-order valence-electron chi connectivity index (χ0n) is 35.6. The lowest BCUT2D eigenvalue weighted by Crippen LogP contribution is -2.46. The van der Waals surface area contributed by atoms with Crippen LogP contribution in [0.3, 0.4) is 0 Å². The Morgan fingerprint density at radius 2 is 1.00 bits per heavy atom. The zero-order valence-corrected chi connectivity index (χ0v) is 35.6. The van der Waals surface area contributed by atoms with Crippen LogP contribution in [0.15, 0.2) is 97.3 Å². The summed E-state index contributed by atoms with van der Waals surface area (Å²) in [4.78, 5) is 34.1. The van der Waals surface area contributed by atoms with Crippen molar-refractivity contribution in [3.63, 3.8) is 0 Å². The molecule has 4 N–H and O–H groups in total. The summed E-state index contributed by atoms with van der Waals surface area (Å²) in [5.41, 5.74) is 17.6. The van der Waals surface area contributed by atoms with Crippen molar-refractivity contribution in [3.05, 3.63) is 120 Å². The first-order valence-electron chi connectivity index (χ1n) is 22.7. The smallest absolute Gasteiger partial charge is 0.309 e. The average molecular weight is 873 g/mol. The van der Waals surface area contributed by atoms with Crippen molar-refractivity contribution in [2.45, 2.75) is 104 Å². The number of esters is 2. The van der Waals surface area contributed by atoms with Gasteiger partial charge in [0.2, 0.25) is 0 Å². The van der Waals surface area contributed by atoms with E-state index in [-0.39, 0.29) is 86.4 Å². The molecule has 4 saturated carbocycles. The van der Waals surface area contributed by atoms with Crippen LogP contribution in [0, 0.1) is 70.8 Å². The largest absolute Gasteiger partial charge is 0.462 e. The van der Waals surface area contributed by atoms with Gasteiger partial charge < -0.3 is 20.9 Å². The molecule has 6 aliphatic rings. The maximum Gasteiger partial charge on any atom is 0.309 e. The van der Waals surface area contributed by atoms with Crippen LogP contribution in [0.1, 0.15) is 91.5 Å². The van der Waals surface area contributed by atoms with E-state index in [4.69, 9.17) is 20.9 Å². The van der Waals surface area contributed by atoms with Gasteiger partial charge in [0.1, 0.15) is 23.8 Å². The Labute approximate surface area is 378 Å². The van der Waals surface area contributed by atoms with Gasteiger partial charge in [0.15, 0.2) is 0 Å². The third-order valence-corrected chi connectivity index (χ3v) is 15.2. The molecule has 4 aliphatic carbocycles. The van der Waals surface area contributed by atoms with Crippen molar-refractivity contribution >= 4 is 24.1 Å². The van der Waals surface area contributed by atoms with Gasteiger partial charge >= 0.3 is 11.9 Å². The zero-order chi connectivity index (χ0) is 43.1. The summed E-state index contributed by atoms with van der Waals surface area (Å²) in [6.07, 6.45) is 20.3. The summed E-state index contributed by atoms with van der Waals surface area (Å²) in [5.74, 6) is 2.50. The first-order chi connectivity index (χ1) is 30.0. The molecule has 10 heteroatoms. The molecule has 4 aromatic rings. The molecule has 0 spiro atoms. The molecule has 10 rings (SSSR count). The average Bonchev–Trinajstić information content (AvgIpc) is 3.72. The van der Waals surface area contributed by atoms with E-state index in [9.17, 15) is 18.4 Å². The molecule has 14 atom stereocenters. The Morgan fingerprint density at radius 3 is 1.38 bits per heavy atom. The fourth-order valence-electron chi connectivity index (χ4n) is 12.4. The second-order valence-corrected chi connectivity index (χ2v) is 19.0. The monoisotopic (exact) mass is 873 g/mol. The van der Waals surface area contributed by atoms with E-state index in [0.29, 0.717) is 35.5 Å². The standard InChI is InChI=1S/2C26H29FN2O2.2CH4/c2*1-15-25-23(22-9-6-20(28)12-18(22)13-24(25)26(30)31-15)10-8-21-7-5-17(14-29-21)16-3-2-4-19(27)11-16;;/h2*2-5,7-8,10-11,14-15,18,20,22-25H,6,9,12-13,28H2,1H3;2*1H4/b2*10-8+;;/t15-,18+,20+,22-,23+,24-,25+;15-,18+,20-,22-,23+,24-,25+;;/m11../s1. The maximum atomic E-state index is 13.5. The molecule has 340 valence electrons. The first-order valence-corrected chi connectivity index (χ1v) is 22.7. The van der Waals surface area contributed by atoms with Crippen LogP contribution in [0.4, 0.5) is 8.78 Å². The number of pyridine rings is 2. The molecular weight excluding hydrogens is 807 g/mol. The Balaban J connectivity index is 0.000000186. The first kappa shape index (κ1) is 46.9. The number of nitrogens with two attached hydrogens (primary N) is 2. The predicted octanol–water partition coefficient (Wildman–Crippen LogP) is 11.0. The van der Waals surface area contributed by atoms with Gasteiger partial charge in [-0.1, -0.05) is 63.4 Å². The molecular formula is C54H66F2N4O4. The third-order valence-electron chi connectivity index (χ3n) is 15.2. The van der Waals surface area contributed by atoms with Gasteiger partial charge in [0.25, 0.3) is 0 Å². The Bertz CT molecular complexity index is 2140. The van der Waals surface area contributed by atoms with E-state index in [0.717, 1.165) is 85.0 Å². The molecule has 0 unspecified atom stereocenters. The number of fused-ring (bicyclic) bond motifs is 4. The number of allylic oxidation sites excluding steroid dienone is 2. The van der Waals surface area contributed by atoms with Crippen LogP contribution in [-0.4, -0.2) is 46.2 Å². The fourth-order valence-corrected chi connectivity index (χ4v) is 12.4. The number of hydrogen-bond acceptors (Lipinski definition) is 8. The highest BCUT2D eigenvalue weighted by Gasteiger charge is 2.55. The third kappa shape index (κ3) is 9.79. The summed E-state index contributed by atoms with van der Waals surface area (Å²) < 4.78 is 38.3. The van der Waals surface area contributed by atoms with Gasteiger partial charge in [-0.05, 0) is 160 Å². The van der Waals surface area contributed by atoms with Crippen LogP contribution < -0.4 is 11.5 Å². The highest BCUT2D eigenvalue weighted by molar-refractivity contribution is 5.76. The van der Waals surface area contributed by atoms with E-state index in [1.54, 1.807) is 24.5 Å². The second-order valence-electron chi connectivity index (χ2n) is 19.0. The second kappa shape index (κ2) is 20.0. The SMILES string of the molecule is C.C.C[C@H]1OC(=O)[C@@H]2C[C@@H]3C[C@@H](N)CC[C@H]3[C@H](/C=C/c3ccc(-c4cccc(F)c4)cn3)[C@H]12.C[C@H]1OC(=O)[C@@H]2C[C@@H]3C[C@H](N)CC[C@H]3[C@H](/C=C/c3ccc(-c4cccc(F)c4)cn3)[C@H]12. The maximum absolute atomic E-state index is 13.5. The van der Waals surface area contributed by atoms with E-state index >= 15 is 0 Å². The van der Waals surface area contributed by atoms with Gasteiger partial charge in [-0.2, -0.15) is 0 Å². The molecule has 8 nitrogen and oxygen atoms in total. The van der Waals surface area contributed by atoms with Gasteiger partial charge in [-0.3, -0.25) is 19.6 Å². The quantitative estimate of drug-likeness (QED) is 0.183. The molecule has 0 amide bonds. The minimum absolute atomic E-state index is 0. The summed E-state index contributed by atoms with van der Waals surface area (Å²) in [6.45, 7) is 4.06. The molecule has 2 aromatic heterocycles. The van der Waals surface area contributed by atoms with Crippen LogP contribution in [0.2, 0.25) is 0 Å². The van der Waals surface area contributed by atoms with E-state index in [2.05, 4.69) is 34.3 Å². The van der Waals surface area contributed by atoms with Crippen LogP contribution in [-0.2, 0) is 19.1 Å². The number of carbonyl (C=O) groups is 2. The van der Waals surface area contributed by atoms with Crippen LogP contribution in [0.25, 0.3) is 34.4 Å². The number of aromatic nitrogens is 2. The van der Waals surface area contributed by atoms with Gasteiger partial charge in [0.05, 0.1) is 23.2 Å². The van der Waals surface area contributed by atoms with Crippen molar-refractivity contribution in [1.82, 2.24) is 9.97 Å². The molecule has 0 bridgehead atoms. The predicted molar refractivity (Wildman–Crippen MR) is 250 cm³/mol. The summed E-state index contributed by atoms with van der Waals surface area (Å²) in [5, 5.41) is 0. The van der Waals surface area contributed by atoms with E-state index in [1.165, 1.54) is 24.3 Å². The van der Waals surface area contributed by atoms with Crippen molar-refractivity contribution in [2.75, 3.05) is 0 Å². The Hall–Kier alpha value is -5.06. The number of cyclic esters (lactones) is 2. The number of hydrogen-bond donors (Lipinski definition) is 2. The lowest BCUT2D eigenvalue weighted by atomic mass is 9.57. The van der Waals surface area contributed by atoms with Gasteiger partial charge in [-0.25, -0.2) is 8.78 Å². The lowest BCUT2D eigenvalue weighted by molar-refractivity contribution is -0.145. The van der Waals surface area contributed by atoms with Crippen molar-refractivity contribution in [3.8, 4) is 22.3 Å². The molecule has 2 aromatic carbocycles. The molecule has 0 radical (unpaired) electrons. The van der Waals surface area contributed by atoms with Crippen molar-refractivity contribution < 1.29 is 27.8 Å². The Morgan fingerprint density at radius 1 is 0.578 bits per heavy atom. The summed E-state index contributed by atoms with van der Waals surface area (Å²) >= 11 is 0. The van der Waals surface area contributed by atoms with Gasteiger partial charge in [0, 0.05) is 47.4 Å². The number of rotatable bonds is 6. The summed E-state index contributed by atoms with van der Waals surface area (Å²) in [6, 6.07) is 21.4. The molecule has 4 heterocycles. The minimum Gasteiger partial charge on any atom is -0.462 e. The fraction of sp³-hybridized carbons (Fsp3) is 0.481. The van der Waals surface area contributed by atoms with Crippen LogP contribution in [0.5, 0.6) is 0 Å². The normalized spacial score (nSPS) is 33.8. The van der Waals surface area contributed by atoms with E-state index in [1.807, 2.05) is 50.2 Å². The highest BCUT2D eigenvalue weighted by atomic mass is 19.1.